The molecule has 0 aliphatic rings. The fraction of sp³-hybridized carbons (Fsp3) is 0.800. The van der Waals surface area contributed by atoms with Crippen molar-refractivity contribution in [2.45, 2.75) is 41.0 Å². The monoisotopic (exact) mass is 293 g/mol. The van der Waals surface area contributed by atoms with Gasteiger partial charge in [-0.2, -0.15) is 0 Å². The molecule has 2 N–H and O–H groups in total. The van der Waals surface area contributed by atoms with Crippen molar-refractivity contribution in [1.29, 1.82) is 0 Å². The second-order valence-electron chi connectivity index (χ2n) is 4.34. The average molecular weight is 293 g/mol. The van der Waals surface area contributed by atoms with Gasteiger partial charge >= 0.3 is 0 Å². The van der Waals surface area contributed by atoms with Crippen LogP contribution < -0.4 is 5.32 Å². The van der Waals surface area contributed by atoms with E-state index in [2.05, 4.69) is 29.4 Å². The van der Waals surface area contributed by atoms with Gasteiger partial charge in [0.15, 0.2) is 8.68 Å². The molecule has 0 aromatic carbocycles. The highest BCUT2D eigenvalue weighted by atomic mass is 32.2. The quantitative estimate of drug-likeness (QED) is 0.751. The van der Waals surface area contributed by atoms with Crippen LogP contribution in [-0.2, 0) is 0 Å². The van der Waals surface area contributed by atoms with E-state index in [9.17, 15) is 5.11 Å². The van der Waals surface area contributed by atoms with Crippen LogP contribution in [0.5, 0.6) is 0 Å². The zero-order chi connectivity index (χ0) is 12.9. The smallest absolute Gasteiger partial charge is 0.175 e. The van der Waals surface area contributed by atoms with Crippen molar-refractivity contribution in [1.82, 2.24) is 15.5 Å². The van der Waals surface area contributed by atoms with E-state index in [0.717, 1.165) is 14.4 Å². The molecule has 0 saturated carbocycles. The lowest BCUT2D eigenvalue weighted by Crippen LogP contribution is -2.51. The maximum absolute atomic E-state index is 9.45. The van der Waals surface area contributed by atoms with Gasteiger partial charge in [-0.15, -0.1) is 10.2 Å². The van der Waals surface area contributed by atoms with Gasteiger partial charge in [0.2, 0.25) is 0 Å². The normalized spacial score (nSPS) is 15.2. The summed E-state index contributed by atoms with van der Waals surface area (Å²) in [5.74, 6) is 0.782. The molecular weight excluding hydrogens is 274 g/mol. The average Bonchev–Trinajstić information content (AvgIpc) is 2.73. The molecule has 0 spiro atoms. The molecule has 17 heavy (non-hydrogen) atoms. The van der Waals surface area contributed by atoms with E-state index in [1.54, 1.807) is 34.9 Å². The lowest BCUT2D eigenvalue weighted by atomic mass is 10.1. The second-order valence-corrected chi connectivity index (χ2v) is 7.60. The number of aliphatic hydroxyl groups excluding tert-OH is 1. The predicted molar refractivity (Wildman–Crippen MR) is 76.2 cm³/mol. The van der Waals surface area contributed by atoms with Gasteiger partial charge in [0.1, 0.15) is 0 Å². The Morgan fingerprint density at radius 2 is 2.06 bits per heavy atom. The fourth-order valence-electron chi connectivity index (χ4n) is 1.39. The highest BCUT2D eigenvalue weighted by Crippen LogP contribution is 2.29. The molecule has 1 unspecified atom stereocenters. The first-order valence-electron chi connectivity index (χ1n) is 5.38. The van der Waals surface area contributed by atoms with Crippen LogP contribution in [-0.4, -0.2) is 45.5 Å². The minimum atomic E-state index is -0.274. The van der Waals surface area contributed by atoms with E-state index in [0.29, 0.717) is 6.04 Å². The van der Waals surface area contributed by atoms with Crippen LogP contribution >= 0.6 is 34.9 Å². The third kappa shape index (κ3) is 5.13. The maximum Gasteiger partial charge on any atom is 0.175 e. The summed E-state index contributed by atoms with van der Waals surface area (Å²) < 4.78 is 1.94. The summed E-state index contributed by atoms with van der Waals surface area (Å²) in [7, 11) is 0. The molecule has 1 rings (SSSR count). The van der Waals surface area contributed by atoms with E-state index >= 15 is 0 Å². The molecule has 0 saturated heterocycles. The molecule has 0 aliphatic heterocycles. The zero-order valence-electron chi connectivity index (χ0n) is 10.6. The molecular formula is C10H19N3OS3. The Balaban J connectivity index is 2.52. The number of aromatic nitrogens is 2. The topological polar surface area (TPSA) is 58.0 Å². The molecule has 7 heteroatoms. The van der Waals surface area contributed by atoms with E-state index in [1.165, 1.54) is 0 Å². The van der Waals surface area contributed by atoms with Gasteiger partial charge in [0.05, 0.1) is 6.61 Å². The molecule has 4 nitrogen and oxygen atoms in total. The number of thioether (sulfide) groups is 2. The van der Waals surface area contributed by atoms with Crippen LogP contribution in [0.25, 0.3) is 0 Å². The molecule has 1 aromatic heterocycles. The van der Waals surface area contributed by atoms with Gasteiger partial charge in [-0.3, -0.25) is 0 Å². The number of aliphatic hydroxyl groups is 1. The van der Waals surface area contributed by atoms with E-state index in [-0.39, 0.29) is 12.1 Å². The number of nitrogens with one attached hydrogen (secondary N) is 1. The highest BCUT2D eigenvalue weighted by molar-refractivity contribution is 8.03. The van der Waals surface area contributed by atoms with Crippen molar-refractivity contribution < 1.29 is 5.11 Å². The molecule has 0 bridgehead atoms. The van der Waals surface area contributed by atoms with Crippen molar-refractivity contribution in [3.05, 3.63) is 0 Å². The SMILES string of the molecule is CSc1nnc(SCC(C)(CO)NC(C)C)s1. The predicted octanol–water partition coefficient (Wildman–Crippen LogP) is 2.10. The van der Waals surface area contributed by atoms with Crippen LogP contribution in [0.15, 0.2) is 8.68 Å². The first-order valence-corrected chi connectivity index (χ1v) is 8.40. The summed E-state index contributed by atoms with van der Waals surface area (Å²) >= 11 is 4.84. The summed E-state index contributed by atoms with van der Waals surface area (Å²) in [6.45, 7) is 6.30. The summed E-state index contributed by atoms with van der Waals surface area (Å²) in [6.07, 6.45) is 1.99. The largest absolute Gasteiger partial charge is 0.394 e. The van der Waals surface area contributed by atoms with Gasteiger partial charge in [-0.05, 0) is 13.2 Å². The van der Waals surface area contributed by atoms with Crippen molar-refractivity contribution in [3.8, 4) is 0 Å². The van der Waals surface area contributed by atoms with Gasteiger partial charge < -0.3 is 10.4 Å². The van der Waals surface area contributed by atoms with Gasteiger partial charge in [-0.1, -0.05) is 48.7 Å². The Morgan fingerprint density at radius 3 is 2.53 bits per heavy atom. The van der Waals surface area contributed by atoms with E-state index < -0.39 is 0 Å². The highest BCUT2D eigenvalue weighted by Gasteiger charge is 2.24. The summed E-state index contributed by atoms with van der Waals surface area (Å²) in [4.78, 5) is 0. The van der Waals surface area contributed by atoms with E-state index in [1.807, 2.05) is 13.2 Å². The standard InChI is InChI=1S/C10H19N3OS3/c1-7(2)11-10(3,5-14)6-16-9-13-12-8(15-4)17-9/h7,11,14H,5-6H2,1-4H3. The van der Waals surface area contributed by atoms with Crippen molar-refractivity contribution in [2.75, 3.05) is 18.6 Å². The molecule has 0 aliphatic carbocycles. The molecule has 1 atom stereocenters. The number of hydrogen-bond acceptors (Lipinski definition) is 7. The van der Waals surface area contributed by atoms with Crippen LogP contribution in [0, 0.1) is 0 Å². The minimum Gasteiger partial charge on any atom is -0.394 e. The Hall–Kier alpha value is 0.180. The molecule has 1 aromatic rings. The van der Waals surface area contributed by atoms with Gasteiger partial charge in [-0.25, -0.2) is 0 Å². The molecule has 1 heterocycles. The van der Waals surface area contributed by atoms with Crippen LogP contribution in [0.2, 0.25) is 0 Å². The summed E-state index contributed by atoms with van der Waals surface area (Å²) in [5, 5.41) is 21.0. The third-order valence-electron chi connectivity index (χ3n) is 2.06. The van der Waals surface area contributed by atoms with Gasteiger partial charge in [0, 0.05) is 17.3 Å². The maximum atomic E-state index is 9.45. The summed E-state index contributed by atoms with van der Waals surface area (Å²) in [6, 6.07) is 0.351. The summed E-state index contributed by atoms with van der Waals surface area (Å²) in [5.41, 5.74) is -0.274. The minimum absolute atomic E-state index is 0.117. The van der Waals surface area contributed by atoms with Crippen LogP contribution in [0.1, 0.15) is 20.8 Å². The first-order chi connectivity index (χ1) is 7.99. The van der Waals surface area contributed by atoms with Crippen LogP contribution in [0.4, 0.5) is 0 Å². The Bertz CT molecular complexity index is 345. The molecule has 98 valence electrons. The third-order valence-corrected chi connectivity index (χ3v) is 5.47. The Labute approximate surface area is 115 Å². The lowest BCUT2D eigenvalue weighted by molar-refractivity contribution is 0.183. The van der Waals surface area contributed by atoms with Crippen molar-refractivity contribution in [2.24, 2.45) is 0 Å². The van der Waals surface area contributed by atoms with Gasteiger partial charge in [0.25, 0.3) is 0 Å². The van der Waals surface area contributed by atoms with E-state index in [4.69, 9.17) is 0 Å². The number of hydrogen-bond donors (Lipinski definition) is 2. The number of rotatable bonds is 7. The molecule has 0 amide bonds. The lowest BCUT2D eigenvalue weighted by Gasteiger charge is -2.30. The van der Waals surface area contributed by atoms with Crippen molar-refractivity contribution in [3.63, 3.8) is 0 Å². The second kappa shape index (κ2) is 6.94. The first kappa shape index (κ1) is 15.2. The Morgan fingerprint density at radius 1 is 1.41 bits per heavy atom. The van der Waals surface area contributed by atoms with Crippen LogP contribution in [0.3, 0.4) is 0 Å². The van der Waals surface area contributed by atoms with Crippen molar-refractivity contribution >= 4 is 34.9 Å². The number of nitrogens with zero attached hydrogens (tertiary/aromatic N) is 2. The molecule has 0 fully saturated rings. The fourth-order valence-corrected chi connectivity index (χ4v) is 3.92. The molecule has 0 radical (unpaired) electrons. The zero-order valence-corrected chi connectivity index (χ0v) is 13.0. The Kier molecular flexibility index (Phi) is 6.22.